The van der Waals surface area contributed by atoms with Crippen LogP contribution in [0.1, 0.15) is 26.7 Å². The third-order valence-electron chi connectivity index (χ3n) is 3.29. The van der Waals surface area contributed by atoms with E-state index in [4.69, 9.17) is 4.74 Å². The van der Waals surface area contributed by atoms with Crippen molar-refractivity contribution >= 4 is 11.5 Å². The van der Waals surface area contributed by atoms with Crippen LogP contribution in [0.4, 0.5) is 11.5 Å². The molecule has 0 aromatic carbocycles. The minimum atomic E-state index is -0.433. The van der Waals surface area contributed by atoms with Crippen LogP contribution in [0.15, 0.2) is 12.1 Å². The summed E-state index contributed by atoms with van der Waals surface area (Å²) in [5.41, 5.74) is -0.214. The first-order chi connectivity index (χ1) is 8.44. The van der Waals surface area contributed by atoms with Gasteiger partial charge in [0.1, 0.15) is 0 Å². The minimum Gasteiger partial charge on any atom is -0.481 e. The Labute approximate surface area is 106 Å². The minimum absolute atomic E-state index is 0.0236. The van der Waals surface area contributed by atoms with Crippen LogP contribution in [-0.4, -0.2) is 22.6 Å². The molecule has 1 aromatic rings. The second-order valence-electron chi connectivity index (χ2n) is 5.10. The number of pyridine rings is 1. The summed E-state index contributed by atoms with van der Waals surface area (Å²) in [5, 5.41) is 14.1. The van der Waals surface area contributed by atoms with Gasteiger partial charge in [0.05, 0.1) is 12.0 Å². The summed E-state index contributed by atoms with van der Waals surface area (Å²) in [6, 6.07) is 2.91. The lowest BCUT2D eigenvalue weighted by atomic mass is 9.99. The zero-order chi connectivity index (χ0) is 13.3. The van der Waals surface area contributed by atoms with Crippen molar-refractivity contribution in [3.63, 3.8) is 0 Å². The summed E-state index contributed by atoms with van der Waals surface area (Å²) >= 11 is 0. The van der Waals surface area contributed by atoms with Gasteiger partial charge >= 0.3 is 5.69 Å². The van der Waals surface area contributed by atoms with Crippen molar-refractivity contribution in [1.29, 1.82) is 0 Å². The molecule has 18 heavy (non-hydrogen) atoms. The van der Waals surface area contributed by atoms with Gasteiger partial charge in [-0.3, -0.25) is 10.1 Å². The summed E-state index contributed by atoms with van der Waals surface area (Å²) in [5.74, 6) is 1.19. The van der Waals surface area contributed by atoms with Crippen LogP contribution in [0.25, 0.3) is 0 Å². The van der Waals surface area contributed by atoms with Gasteiger partial charge in [-0.2, -0.15) is 4.98 Å². The Morgan fingerprint density at radius 2 is 2.17 bits per heavy atom. The van der Waals surface area contributed by atoms with Crippen molar-refractivity contribution in [3.8, 4) is 5.88 Å². The SMILES string of the molecule is COc1ccc([N+](=O)[O-])c(NC(C)(C)C2CC2)n1. The van der Waals surface area contributed by atoms with Gasteiger partial charge in [-0.25, -0.2) is 0 Å². The number of aromatic nitrogens is 1. The van der Waals surface area contributed by atoms with E-state index >= 15 is 0 Å². The van der Waals surface area contributed by atoms with Gasteiger partial charge in [0.2, 0.25) is 11.7 Å². The average Bonchev–Trinajstić information content (AvgIpc) is 3.11. The lowest BCUT2D eigenvalue weighted by Gasteiger charge is -2.26. The molecule has 1 aromatic heterocycles. The number of anilines is 1. The van der Waals surface area contributed by atoms with Crippen LogP contribution >= 0.6 is 0 Å². The molecule has 0 radical (unpaired) electrons. The molecule has 0 amide bonds. The summed E-state index contributed by atoms with van der Waals surface area (Å²) in [4.78, 5) is 14.7. The van der Waals surface area contributed by atoms with Crippen molar-refractivity contribution < 1.29 is 9.66 Å². The van der Waals surface area contributed by atoms with E-state index in [0.29, 0.717) is 11.8 Å². The lowest BCUT2D eigenvalue weighted by molar-refractivity contribution is -0.384. The summed E-state index contributed by atoms with van der Waals surface area (Å²) < 4.78 is 5.01. The molecule has 1 fully saturated rings. The highest BCUT2D eigenvalue weighted by Gasteiger charge is 2.39. The maximum Gasteiger partial charge on any atom is 0.311 e. The van der Waals surface area contributed by atoms with Crippen LogP contribution in [0.3, 0.4) is 0 Å². The standard InChI is InChI=1S/C12H17N3O3/c1-12(2,8-4-5-8)14-11-9(15(16)17)6-7-10(13-11)18-3/h6-8H,4-5H2,1-3H3,(H,13,14). The van der Waals surface area contributed by atoms with E-state index in [-0.39, 0.29) is 17.0 Å². The first-order valence-electron chi connectivity index (χ1n) is 5.91. The molecule has 0 bridgehead atoms. The summed E-state index contributed by atoms with van der Waals surface area (Å²) in [7, 11) is 1.49. The monoisotopic (exact) mass is 251 g/mol. The second-order valence-corrected chi connectivity index (χ2v) is 5.10. The van der Waals surface area contributed by atoms with E-state index in [2.05, 4.69) is 10.3 Å². The van der Waals surface area contributed by atoms with Crippen molar-refractivity contribution in [2.75, 3.05) is 12.4 Å². The van der Waals surface area contributed by atoms with Crippen LogP contribution in [0, 0.1) is 16.0 Å². The number of rotatable bonds is 5. The molecule has 0 unspecified atom stereocenters. The molecule has 6 heteroatoms. The number of nitrogens with one attached hydrogen (secondary N) is 1. The van der Waals surface area contributed by atoms with Gasteiger partial charge in [-0.15, -0.1) is 0 Å². The maximum absolute atomic E-state index is 11.0. The maximum atomic E-state index is 11.0. The number of nitrogens with zero attached hydrogens (tertiary/aromatic N) is 2. The molecule has 1 N–H and O–H groups in total. The third-order valence-corrected chi connectivity index (χ3v) is 3.29. The molecular formula is C12H17N3O3. The number of hydrogen-bond donors (Lipinski definition) is 1. The smallest absolute Gasteiger partial charge is 0.311 e. The van der Waals surface area contributed by atoms with E-state index < -0.39 is 4.92 Å². The van der Waals surface area contributed by atoms with E-state index in [1.165, 1.54) is 19.2 Å². The Morgan fingerprint density at radius 1 is 1.50 bits per heavy atom. The molecule has 1 aliphatic rings. The molecule has 2 rings (SSSR count). The van der Waals surface area contributed by atoms with Gasteiger partial charge in [-0.1, -0.05) is 0 Å². The van der Waals surface area contributed by atoms with Crippen molar-refractivity contribution in [1.82, 2.24) is 4.98 Å². The van der Waals surface area contributed by atoms with E-state index in [1.807, 2.05) is 13.8 Å². The number of hydrogen-bond acceptors (Lipinski definition) is 5. The molecule has 1 aliphatic carbocycles. The fourth-order valence-electron chi connectivity index (χ4n) is 2.00. The summed E-state index contributed by atoms with van der Waals surface area (Å²) in [6.45, 7) is 4.07. The van der Waals surface area contributed by atoms with Crippen molar-refractivity contribution in [2.45, 2.75) is 32.2 Å². The Balaban J connectivity index is 2.31. The van der Waals surface area contributed by atoms with Crippen LogP contribution in [0.2, 0.25) is 0 Å². The first-order valence-corrected chi connectivity index (χ1v) is 5.91. The van der Waals surface area contributed by atoms with Gasteiger partial charge in [0, 0.05) is 17.7 Å². The van der Waals surface area contributed by atoms with Crippen molar-refractivity contribution in [3.05, 3.63) is 22.2 Å². The normalized spacial score (nSPS) is 15.3. The highest BCUT2D eigenvalue weighted by atomic mass is 16.6. The molecular weight excluding hydrogens is 234 g/mol. The Bertz CT molecular complexity index is 470. The number of nitro groups is 1. The second kappa shape index (κ2) is 4.44. The molecule has 6 nitrogen and oxygen atoms in total. The Morgan fingerprint density at radius 3 is 2.67 bits per heavy atom. The predicted molar refractivity (Wildman–Crippen MR) is 67.9 cm³/mol. The van der Waals surface area contributed by atoms with Gasteiger partial charge < -0.3 is 10.1 Å². The zero-order valence-corrected chi connectivity index (χ0v) is 10.8. The summed E-state index contributed by atoms with van der Waals surface area (Å²) in [6.07, 6.45) is 2.30. The first kappa shape index (κ1) is 12.6. The molecule has 0 spiro atoms. The quantitative estimate of drug-likeness (QED) is 0.643. The van der Waals surface area contributed by atoms with E-state index in [0.717, 1.165) is 12.8 Å². The topological polar surface area (TPSA) is 77.3 Å². The van der Waals surface area contributed by atoms with Crippen LogP contribution in [-0.2, 0) is 0 Å². The average molecular weight is 251 g/mol. The largest absolute Gasteiger partial charge is 0.481 e. The van der Waals surface area contributed by atoms with Gasteiger partial charge in [0.15, 0.2) is 0 Å². The van der Waals surface area contributed by atoms with E-state index in [9.17, 15) is 10.1 Å². The number of methoxy groups -OCH3 is 1. The number of ether oxygens (including phenoxy) is 1. The van der Waals surface area contributed by atoms with Crippen molar-refractivity contribution in [2.24, 2.45) is 5.92 Å². The highest BCUT2D eigenvalue weighted by Crippen LogP contribution is 2.42. The Hall–Kier alpha value is -1.85. The Kier molecular flexibility index (Phi) is 3.11. The molecule has 98 valence electrons. The molecule has 0 saturated heterocycles. The zero-order valence-electron chi connectivity index (χ0n) is 10.8. The molecule has 0 atom stereocenters. The fourth-order valence-corrected chi connectivity index (χ4v) is 2.00. The van der Waals surface area contributed by atoms with Crippen LogP contribution < -0.4 is 10.1 Å². The predicted octanol–water partition coefficient (Wildman–Crippen LogP) is 2.60. The van der Waals surface area contributed by atoms with E-state index in [1.54, 1.807) is 0 Å². The van der Waals surface area contributed by atoms with Crippen LogP contribution in [0.5, 0.6) is 5.88 Å². The van der Waals surface area contributed by atoms with Gasteiger partial charge in [0.25, 0.3) is 0 Å². The van der Waals surface area contributed by atoms with Gasteiger partial charge in [-0.05, 0) is 32.6 Å². The lowest BCUT2D eigenvalue weighted by Crippen LogP contribution is -2.34. The molecule has 0 aliphatic heterocycles. The third kappa shape index (κ3) is 2.52. The fraction of sp³-hybridized carbons (Fsp3) is 0.583. The molecule has 1 heterocycles. The highest BCUT2D eigenvalue weighted by molar-refractivity contribution is 5.58. The molecule has 1 saturated carbocycles.